The van der Waals surface area contributed by atoms with E-state index in [1.54, 1.807) is 23.9 Å². The lowest BCUT2D eigenvalue weighted by molar-refractivity contribution is -0.138. The third-order valence-corrected chi connectivity index (χ3v) is 5.96. The van der Waals surface area contributed by atoms with Crippen molar-refractivity contribution in [3.05, 3.63) is 35.6 Å². The molecule has 0 aliphatic carbocycles. The van der Waals surface area contributed by atoms with Crippen LogP contribution in [0.2, 0.25) is 0 Å². The molecule has 3 rings (SSSR count). The lowest BCUT2D eigenvalue weighted by atomic mass is 9.71. The van der Waals surface area contributed by atoms with Crippen LogP contribution in [-0.2, 0) is 14.3 Å². The van der Waals surface area contributed by atoms with Crippen molar-refractivity contribution < 1.29 is 23.5 Å². The van der Waals surface area contributed by atoms with Gasteiger partial charge in [0.05, 0.1) is 5.92 Å². The van der Waals surface area contributed by atoms with Gasteiger partial charge in [0, 0.05) is 64.2 Å². The highest BCUT2D eigenvalue weighted by atomic mass is 19.1. The summed E-state index contributed by atoms with van der Waals surface area (Å²) in [4.78, 5) is 41.1. The van der Waals surface area contributed by atoms with E-state index in [-0.39, 0.29) is 41.8 Å². The van der Waals surface area contributed by atoms with Gasteiger partial charge < -0.3 is 14.5 Å². The van der Waals surface area contributed by atoms with Crippen molar-refractivity contribution in [1.82, 2.24) is 9.80 Å². The second kappa shape index (κ2) is 8.39. The van der Waals surface area contributed by atoms with Gasteiger partial charge in [0.15, 0.2) is 5.78 Å². The van der Waals surface area contributed by atoms with Gasteiger partial charge in [0.1, 0.15) is 5.82 Å². The second-order valence-electron chi connectivity index (χ2n) is 7.96. The van der Waals surface area contributed by atoms with Crippen LogP contribution in [-0.4, -0.2) is 67.8 Å². The Bertz CT molecular complexity index is 741. The fraction of sp³-hybridized carbons (Fsp3) is 0.571. The number of benzene rings is 1. The molecule has 0 saturated carbocycles. The molecule has 1 unspecified atom stereocenters. The van der Waals surface area contributed by atoms with Gasteiger partial charge in [-0.1, -0.05) is 0 Å². The minimum atomic E-state index is -0.400. The molecule has 2 amide bonds. The zero-order chi connectivity index (χ0) is 20.3. The standard InChI is InChI=1S/C21H27FN2O4/c1-23(2)20(27)17-13-24(14-21(17)9-11-28-12-10-21)19(26)8-7-18(25)15-3-5-16(22)6-4-15/h3-6,17H,7-14H2,1-2H3. The first-order valence-corrected chi connectivity index (χ1v) is 9.68. The summed E-state index contributed by atoms with van der Waals surface area (Å²) in [5.41, 5.74) is 0.160. The number of halogens is 1. The van der Waals surface area contributed by atoms with E-state index in [4.69, 9.17) is 4.74 Å². The predicted octanol–water partition coefficient (Wildman–Crippen LogP) is 2.13. The molecule has 7 heteroatoms. The molecule has 0 radical (unpaired) electrons. The van der Waals surface area contributed by atoms with Gasteiger partial charge in [0.2, 0.25) is 11.8 Å². The Balaban J connectivity index is 1.64. The smallest absolute Gasteiger partial charge is 0.227 e. The lowest BCUT2D eigenvalue weighted by Crippen LogP contribution is -2.44. The van der Waals surface area contributed by atoms with Crippen molar-refractivity contribution in [2.75, 3.05) is 40.4 Å². The molecule has 0 N–H and O–H groups in total. The number of ketones is 1. The third kappa shape index (κ3) is 4.24. The highest BCUT2D eigenvalue weighted by Gasteiger charge is 2.51. The van der Waals surface area contributed by atoms with E-state index < -0.39 is 5.82 Å². The first-order chi connectivity index (χ1) is 13.3. The predicted molar refractivity (Wildman–Crippen MR) is 101 cm³/mol. The summed E-state index contributed by atoms with van der Waals surface area (Å²) in [6.07, 6.45) is 1.68. The number of ether oxygens (including phenoxy) is 1. The SMILES string of the molecule is CN(C)C(=O)C1CN(C(=O)CCC(=O)c2ccc(F)cc2)CC12CCOCC2. The number of likely N-dealkylation sites (tertiary alicyclic amines) is 1. The molecule has 2 aliphatic heterocycles. The zero-order valence-corrected chi connectivity index (χ0v) is 16.4. The summed E-state index contributed by atoms with van der Waals surface area (Å²) < 4.78 is 18.5. The van der Waals surface area contributed by atoms with E-state index in [0.29, 0.717) is 31.9 Å². The molecule has 1 atom stereocenters. The Morgan fingerprint density at radius 3 is 2.39 bits per heavy atom. The number of hydrogen-bond acceptors (Lipinski definition) is 4. The topological polar surface area (TPSA) is 66.9 Å². The highest BCUT2D eigenvalue weighted by Crippen LogP contribution is 2.45. The van der Waals surface area contributed by atoms with Gasteiger partial charge in [-0.05, 0) is 37.1 Å². The summed E-state index contributed by atoms with van der Waals surface area (Å²) in [6.45, 7) is 2.12. The zero-order valence-electron chi connectivity index (χ0n) is 16.4. The minimum Gasteiger partial charge on any atom is -0.381 e. The van der Waals surface area contributed by atoms with Crippen LogP contribution in [0, 0.1) is 17.2 Å². The van der Waals surface area contributed by atoms with Crippen LogP contribution >= 0.6 is 0 Å². The number of Topliss-reactive ketones (excluding diaryl/α,β-unsaturated/α-hetero) is 1. The Morgan fingerprint density at radius 1 is 1.14 bits per heavy atom. The normalized spacial score (nSPS) is 21.0. The number of nitrogens with zero attached hydrogens (tertiary/aromatic N) is 2. The molecular formula is C21H27FN2O4. The Morgan fingerprint density at radius 2 is 1.79 bits per heavy atom. The van der Waals surface area contributed by atoms with Crippen molar-refractivity contribution >= 4 is 17.6 Å². The number of carbonyl (C=O) groups excluding carboxylic acids is 3. The van der Waals surface area contributed by atoms with Gasteiger partial charge in [0.25, 0.3) is 0 Å². The van der Waals surface area contributed by atoms with Crippen LogP contribution in [0.15, 0.2) is 24.3 Å². The molecular weight excluding hydrogens is 363 g/mol. The molecule has 6 nitrogen and oxygen atoms in total. The third-order valence-electron chi connectivity index (χ3n) is 5.96. The molecule has 152 valence electrons. The maximum absolute atomic E-state index is 13.0. The first kappa shape index (κ1) is 20.5. The van der Waals surface area contributed by atoms with Gasteiger partial charge in [-0.25, -0.2) is 4.39 Å². The molecule has 2 fully saturated rings. The number of rotatable bonds is 5. The van der Waals surface area contributed by atoms with Crippen molar-refractivity contribution in [2.45, 2.75) is 25.7 Å². The quantitative estimate of drug-likeness (QED) is 0.723. The monoisotopic (exact) mass is 390 g/mol. The molecule has 0 bridgehead atoms. The minimum absolute atomic E-state index is 0.0413. The fourth-order valence-electron chi connectivity index (χ4n) is 4.25. The van der Waals surface area contributed by atoms with E-state index >= 15 is 0 Å². The summed E-state index contributed by atoms with van der Waals surface area (Å²) >= 11 is 0. The van der Waals surface area contributed by atoms with Crippen molar-refractivity contribution in [1.29, 1.82) is 0 Å². The largest absolute Gasteiger partial charge is 0.381 e. The Labute approximate surface area is 164 Å². The molecule has 2 heterocycles. The second-order valence-corrected chi connectivity index (χ2v) is 7.96. The van der Waals surface area contributed by atoms with Crippen LogP contribution in [0.25, 0.3) is 0 Å². The molecule has 2 saturated heterocycles. The summed E-state index contributed by atoms with van der Waals surface area (Å²) in [5, 5.41) is 0. The van der Waals surface area contributed by atoms with E-state index in [2.05, 4.69) is 0 Å². The summed E-state index contributed by atoms with van der Waals surface area (Å²) in [5.74, 6) is -0.893. The number of amides is 2. The first-order valence-electron chi connectivity index (χ1n) is 9.68. The van der Waals surface area contributed by atoms with Gasteiger partial charge >= 0.3 is 0 Å². The van der Waals surface area contributed by atoms with Gasteiger partial charge in [-0.2, -0.15) is 0 Å². The van der Waals surface area contributed by atoms with Crippen LogP contribution < -0.4 is 0 Å². The number of hydrogen-bond donors (Lipinski definition) is 0. The van der Waals surface area contributed by atoms with Crippen molar-refractivity contribution in [3.8, 4) is 0 Å². The van der Waals surface area contributed by atoms with E-state index in [1.807, 2.05) is 0 Å². The summed E-state index contributed by atoms with van der Waals surface area (Å²) in [6, 6.07) is 5.34. The average molecular weight is 390 g/mol. The van der Waals surface area contributed by atoms with E-state index in [1.165, 1.54) is 24.3 Å². The maximum atomic E-state index is 13.0. The summed E-state index contributed by atoms with van der Waals surface area (Å²) in [7, 11) is 3.47. The molecule has 2 aliphatic rings. The Kier molecular flexibility index (Phi) is 6.13. The van der Waals surface area contributed by atoms with Crippen LogP contribution in [0.3, 0.4) is 0 Å². The average Bonchev–Trinajstić information content (AvgIpc) is 3.04. The molecule has 28 heavy (non-hydrogen) atoms. The highest BCUT2D eigenvalue weighted by molar-refractivity contribution is 5.98. The van der Waals surface area contributed by atoms with E-state index in [0.717, 1.165) is 12.8 Å². The molecule has 0 aromatic heterocycles. The van der Waals surface area contributed by atoms with Crippen LogP contribution in [0.4, 0.5) is 4.39 Å². The fourth-order valence-corrected chi connectivity index (χ4v) is 4.25. The van der Waals surface area contributed by atoms with Gasteiger partial charge in [-0.15, -0.1) is 0 Å². The van der Waals surface area contributed by atoms with Crippen molar-refractivity contribution in [3.63, 3.8) is 0 Å². The molecule has 1 spiro atoms. The molecule has 1 aromatic rings. The van der Waals surface area contributed by atoms with Crippen LogP contribution in [0.5, 0.6) is 0 Å². The van der Waals surface area contributed by atoms with Gasteiger partial charge in [-0.3, -0.25) is 14.4 Å². The Hall–Kier alpha value is -2.28. The van der Waals surface area contributed by atoms with E-state index in [9.17, 15) is 18.8 Å². The maximum Gasteiger partial charge on any atom is 0.227 e. The molecule has 1 aromatic carbocycles. The van der Waals surface area contributed by atoms with Crippen molar-refractivity contribution in [2.24, 2.45) is 11.3 Å². The lowest BCUT2D eigenvalue weighted by Gasteiger charge is -2.37. The van der Waals surface area contributed by atoms with Crippen LogP contribution in [0.1, 0.15) is 36.0 Å². The number of carbonyl (C=O) groups is 3.